The highest BCUT2D eigenvalue weighted by Gasteiger charge is 2.29. The van der Waals surface area contributed by atoms with E-state index in [4.69, 9.17) is 0 Å². The zero-order valence-electron chi connectivity index (χ0n) is 16.7. The van der Waals surface area contributed by atoms with Gasteiger partial charge in [0.2, 0.25) is 0 Å². The van der Waals surface area contributed by atoms with Gasteiger partial charge < -0.3 is 5.11 Å². The molecule has 0 aliphatic rings. The number of carboxylic acid groups (broad SMARTS) is 1. The third kappa shape index (κ3) is 5.30. The normalized spacial score (nSPS) is 13.0. The van der Waals surface area contributed by atoms with Crippen molar-refractivity contribution < 1.29 is 14.8 Å². The molecular weight excluding hydrogens is 380 g/mol. The molecule has 0 spiro atoms. The zero-order valence-corrected chi connectivity index (χ0v) is 16.7. The minimum Gasteiger partial charge on any atom is -0.481 e. The van der Waals surface area contributed by atoms with E-state index in [0.29, 0.717) is 12.1 Å². The van der Waals surface area contributed by atoms with Crippen molar-refractivity contribution in [2.45, 2.75) is 32.0 Å². The Balaban J connectivity index is 2.07. The Morgan fingerprint density at radius 3 is 2.17 bits per heavy atom. The van der Waals surface area contributed by atoms with Gasteiger partial charge in [-0.05, 0) is 23.6 Å². The van der Waals surface area contributed by atoms with Crippen molar-refractivity contribution in [3.63, 3.8) is 0 Å². The molecule has 0 aromatic heterocycles. The Labute approximate surface area is 175 Å². The fraction of sp³-hybridized carbons (Fsp3) is 0.208. The molecule has 0 bridgehead atoms. The maximum Gasteiger partial charge on any atom is 0.305 e. The van der Waals surface area contributed by atoms with Crippen LogP contribution in [-0.2, 0) is 11.3 Å². The summed E-state index contributed by atoms with van der Waals surface area (Å²) in [6, 6.07) is 25.3. The molecule has 30 heavy (non-hydrogen) atoms. The fourth-order valence-corrected chi connectivity index (χ4v) is 3.67. The van der Waals surface area contributed by atoms with Crippen LogP contribution < -0.4 is 0 Å². The molecule has 6 nitrogen and oxygen atoms in total. The largest absolute Gasteiger partial charge is 0.481 e. The van der Waals surface area contributed by atoms with Gasteiger partial charge in [-0.2, -0.15) is 0 Å². The number of benzene rings is 3. The third-order valence-electron chi connectivity index (χ3n) is 5.22. The van der Waals surface area contributed by atoms with Gasteiger partial charge in [-0.25, -0.2) is 0 Å². The first-order valence-corrected chi connectivity index (χ1v) is 9.76. The number of nitrogens with zero attached hydrogens (tertiary/aromatic N) is 2. The summed E-state index contributed by atoms with van der Waals surface area (Å²) in [7, 11) is 0. The molecule has 2 atom stereocenters. The second-order valence-corrected chi connectivity index (χ2v) is 7.21. The number of carboxylic acids is 1. The first-order chi connectivity index (χ1) is 14.5. The Kier molecular flexibility index (Phi) is 6.93. The number of nitro benzene ring substituents is 1. The van der Waals surface area contributed by atoms with Gasteiger partial charge in [0.25, 0.3) is 5.69 Å². The zero-order chi connectivity index (χ0) is 21.5. The predicted octanol–water partition coefficient (Wildman–Crippen LogP) is 5.37. The number of nitro groups is 1. The van der Waals surface area contributed by atoms with E-state index in [9.17, 15) is 20.0 Å². The van der Waals surface area contributed by atoms with Crippen molar-refractivity contribution in [3.8, 4) is 0 Å². The summed E-state index contributed by atoms with van der Waals surface area (Å²) in [6.45, 7) is 2.54. The Hall–Kier alpha value is -3.51. The van der Waals surface area contributed by atoms with Gasteiger partial charge in [-0.3, -0.25) is 19.8 Å². The molecule has 0 saturated carbocycles. The molecule has 154 valence electrons. The lowest BCUT2D eigenvalue weighted by molar-refractivity contribution is -0.385. The highest BCUT2D eigenvalue weighted by molar-refractivity contribution is 5.68. The number of hydrogen-bond donors (Lipinski definition) is 1. The number of rotatable bonds is 9. The number of non-ortho nitro benzene ring substituents is 1. The van der Waals surface area contributed by atoms with E-state index in [-0.39, 0.29) is 18.2 Å². The van der Waals surface area contributed by atoms with Crippen LogP contribution in [-0.4, -0.2) is 20.9 Å². The van der Waals surface area contributed by atoms with E-state index in [1.54, 1.807) is 12.1 Å². The van der Waals surface area contributed by atoms with E-state index in [2.05, 4.69) is 4.90 Å². The van der Waals surface area contributed by atoms with Gasteiger partial charge in [-0.1, -0.05) is 72.8 Å². The summed E-state index contributed by atoms with van der Waals surface area (Å²) in [6.07, 6.45) is -0.162. The maximum atomic E-state index is 11.8. The monoisotopic (exact) mass is 404 g/mol. The topological polar surface area (TPSA) is 83.7 Å². The lowest BCUT2D eigenvalue weighted by atomic mass is 9.96. The fourth-order valence-electron chi connectivity index (χ4n) is 3.67. The minimum atomic E-state index is -0.954. The van der Waals surface area contributed by atoms with Crippen LogP contribution in [0.15, 0.2) is 84.9 Å². The summed E-state index contributed by atoms with van der Waals surface area (Å²) in [4.78, 5) is 24.7. The number of hydrogen-bond acceptors (Lipinski definition) is 4. The average molecular weight is 404 g/mol. The molecule has 0 aliphatic heterocycles. The van der Waals surface area contributed by atoms with Crippen molar-refractivity contribution in [2.24, 2.45) is 0 Å². The Morgan fingerprint density at radius 1 is 0.967 bits per heavy atom. The van der Waals surface area contributed by atoms with Gasteiger partial charge in [0.15, 0.2) is 0 Å². The van der Waals surface area contributed by atoms with Gasteiger partial charge in [0.1, 0.15) is 0 Å². The van der Waals surface area contributed by atoms with Crippen molar-refractivity contribution in [1.29, 1.82) is 0 Å². The van der Waals surface area contributed by atoms with Crippen LogP contribution >= 0.6 is 0 Å². The van der Waals surface area contributed by atoms with Gasteiger partial charge in [0, 0.05) is 30.8 Å². The summed E-state index contributed by atoms with van der Waals surface area (Å²) in [5.74, 6) is -0.954. The molecule has 3 rings (SSSR count). The van der Waals surface area contributed by atoms with Crippen molar-refractivity contribution in [2.75, 3.05) is 0 Å². The van der Waals surface area contributed by atoms with Crippen LogP contribution in [0, 0.1) is 10.1 Å². The van der Waals surface area contributed by atoms with Crippen molar-refractivity contribution in [3.05, 3.63) is 112 Å². The molecule has 3 aromatic carbocycles. The Bertz CT molecular complexity index is 992. The number of carbonyl (C=O) groups is 1. The first-order valence-electron chi connectivity index (χ1n) is 9.76. The molecule has 0 aliphatic carbocycles. The summed E-state index contributed by atoms with van der Waals surface area (Å²) in [5.41, 5.74) is 2.66. The molecule has 1 unspecified atom stereocenters. The van der Waals surface area contributed by atoms with Gasteiger partial charge >= 0.3 is 5.97 Å². The van der Waals surface area contributed by atoms with Gasteiger partial charge in [-0.15, -0.1) is 0 Å². The van der Waals surface area contributed by atoms with Crippen LogP contribution in [0.5, 0.6) is 0 Å². The maximum absolute atomic E-state index is 11.8. The second-order valence-electron chi connectivity index (χ2n) is 7.21. The Morgan fingerprint density at radius 2 is 1.57 bits per heavy atom. The van der Waals surface area contributed by atoms with E-state index in [1.807, 2.05) is 67.6 Å². The number of aliphatic carboxylic acids is 1. The third-order valence-corrected chi connectivity index (χ3v) is 5.22. The molecule has 0 heterocycles. The highest BCUT2D eigenvalue weighted by Crippen LogP contribution is 2.35. The SMILES string of the molecule is C[C@@H](c1ccccc1)N(Cc1ccccc1)C(CC(=O)O)c1cccc([N+](=O)[O-])c1. The first kappa shape index (κ1) is 21.2. The van der Waals surface area contributed by atoms with E-state index < -0.39 is 16.9 Å². The van der Waals surface area contributed by atoms with Crippen LogP contribution in [0.25, 0.3) is 0 Å². The lowest BCUT2D eigenvalue weighted by Gasteiger charge is -2.36. The lowest BCUT2D eigenvalue weighted by Crippen LogP contribution is -2.32. The van der Waals surface area contributed by atoms with E-state index >= 15 is 0 Å². The summed E-state index contributed by atoms with van der Waals surface area (Å²) in [5, 5.41) is 20.9. The molecule has 0 radical (unpaired) electrons. The van der Waals surface area contributed by atoms with Crippen molar-refractivity contribution >= 4 is 11.7 Å². The summed E-state index contributed by atoms with van der Waals surface area (Å²) >= 11 is 0. The minimum absolute atomic E-state index is 0.0464. The highest BCUT2D eigenvalue weighted by atomic mass is 16.6. The predicted molar refractivity (Wildman–Crippen MR) is 115 cm³/mol. The molecule has 0 saturated heterocycles. The van der Waals surface area contributed by atoms with Crippen LogP contribution in [0.3, 0.4) is 0 Å². The average Bonchev–Trinajstić information content (AvgIpc) is 2.77. The quantitative estimate of drug-likeness (QED) is 0.383. The van der Waals surface area contributed by atoms with Crippen molar-refractivity contribution in [1.82, 2.24) is 4.90 Å². The molecule has 0 fully saturated rings. The van der Waals surface area contributed by atoms with Crippen LogP contribution in [0.1, 0.15) is 42.1 Å². The molecule has 3 aromatic rings. The van der Waals surface area contributed by atoms with Crippen LogP contribution in [0.4, 0.5) is 5.69 Å². The second kappa shape index (κ2) is 9.80. The molecular formula is C24H24N2O4. The molecule has 1 N–H and O–H groups in total. The van der Waals surface area contributed by atoms with Gasteiger partial charge in [0.05, 0.1) is 11.3 Å². The standard InChI is InChI=1S/C24H24N2O4/c1-18(20-11-6-3-7-12-20)25(17-19-9-4-2-5-10-19)23(16-24(27)28)21-13-8-14-22(15-21)26(29)30/h2-15,18,23H,16-17H2,1H3,(H,27,28)/t18-,23?/m0/s1. The van der Waals surface area contributed by atoms with Crippen LogP contribution in [0.2, 0.25) is 0 Å². The van der Waals surface area contributed by atoms with E-state index in [0.717, 1.165) is 11.1 Å². The van der Waals surface area contributed by atoms with E-state index in [1.165, 1.54) is 12.1 Å². The molecule has 0 amide bonds. The smallest absolute Gasteiger partial charge is 0.305 e. The summed E-state index contributed by atoms with van der Waals surface area (Å²) < 4.78 is 0. The molecule has 6 heteroatoms.